The number of benzene rings is 2. The second-order valence-electron chi connectivity index (χ2n) is 5.86. The smallest absolute Gasteiger partial charge is 0.243 e. The van der Waals surface area contributed by atoms with Gasteiger partial charge in [-0.15, -0.1) is 0 Å². The number of hydrogen-bond donors (Lipinski definition) is 1. The maximum absolute atomic E-state index is 12.6. The van der Waals surface area contributed by atoms with Crippen LogP contribution in [0.5, 0.6) is 5.75 Å². The van der Waals surface area contributed by atoms with E-state index in [1.54, 1.807) is 36.4 Å². The van der Waals surface area contributed by atoms with Crippen molar-refractivity contribution in [3.8, 4) is 5.75 Å². The minimum Gasteiger partial charge on any atom is -0.495 e. The number of anilines is 1. The zero-order valence-corrected chi connectivity index (χ0v) is 17.4. The first kappa shape index (κ1) is 21.3. The van der Waals surface area contributed by atoms with Crippen molar-refractivity contribution in [3.63, 3.8) is 0 Å². The summed E-state index contributed by atoms with van der Waals surface area (Å²) >= 11 is 12.1. The number of methoxy groups -OCH3 is 1. The van der Waals surface area contributed by atoms with Gasteiger partial charge in [-0.1, -0.05) is 41.4 Å². The third-order valence-corrected chi connectivity index (χ3v) is 5.71. The SMILES string of the molecule is COc1ccc(Cl)cc1N(C(C)C(=O)NCc1ccccc1Cl)S(C)(=O)=O. The molecule has 27 heavy (non-hydrogen) atoms. The van der Waals surface area contributed by atoms with Gasteiger partial charge in [0.05, 0.1) is 19.1 Å². The summed E-state index contributed by atoms with van der Waals surface area (Å²) in [6.45, 7) is 1.66. The lowest BCUT2D eigenvalue weighted by molar-refractivity contribution is -0.122. The number of nitrogens with zero attached hydrogens (tertiary/aromatic N) is 1. The monoisotopic (exact) mass is 430 g/mol. The summed E-state index contributed by atoms with van der Waals surface area (Å²) in [5, 5.41) is 3.55. The van der Waals surface area contributed by atoms with Crippen LogP contribution >= 0.6 is 23.2 Å². The van der Waals surface area contributed by atoms with Gasteiger partial charge in [0, 0.05) is 16.6 Å². The molecule has 0 heterocycles. The number of amides is 1. The minimum atomic E-state index is -3.79. The van der Waals surface area contributed by atoms with E-state index in [4.69, 9.17) is 27.9 Å². The topological polar surface area (TPSA) is 75.7 Å². The van der Waals surface area contributed by atoms with Crippen LogP contribution in [0, 0.1) is 0 Å². The molecule has 2 aromatic carbocycles. The quantitative estimate of drug-likeness (QED) is 0.729. The Hall–Kier alpha value is -1.96. The maximum atomic E-state index is 12.6. The molecule has 146 valence electrons. The van der Waals surface area contributed by atoms with E-state index in [1.165, 1.54) is 20.1 Å². The van der Waals surface area contributed by atoms with Gasteiger partial charge in [-0.25, -0.2) is 8.42 Å². The average molecular weight is 431 g/mol. The van der Waals surface area contributed by atoms with Crippen LogP contribution in [0.2, 0.25) is 10.0 Å². The van der Waals surface area contributed by atoms with E-state index in [1.807, 2.05) is 0 Å². The molecule has 0 radical (unpaired) electrons. The Balaban J connectivity index is 2.30. The highest BCUT2D eigenvalue weighted by molar-refractivity contribution is 7.92. The number of hydrogen-bond acceptors (Lipinski definition) is 4. The van der Waals surface area contributed by atoms with Gasteiger partial charge in [0.1, 0.15) is 11.8 Å². The predicted octanol–water partition coefficient (Wildman–Crippen LogP) is 3.47. The Morgan fingerprint density at radius 1 is 1.22 bits per heavy atom. The normalized spacial score (nSPS) is 12.3. The van der Waals surface area contributed by atoms with E-state index in [2.05, 4.69) is 5.32 Å². The molecule has 0 aliphatic carbocycles. The summed E-state index contributed by atoms with van der Waals surface area (Å²) in [7, 11) is -2.38. The van der Waals surface area contributed by atoms with Crippen LogP contribution in [-0.4, -0.2) is 33.7 Å². The Bertz CT molecular complexity index is 935. The summed E-state index contributed by atoms with van der Waals surface area (Å²) in [6.07, 6.45) is 1.02. The number of carbonyl (C=O) groups excluding carboxylic acids is 1. The van der Waals surface area contributed by atoms with Crippen molar-refractivity contribution in [3.05, 3.63) is 58.1 Å². The summed E-state index contributed by atoms with van der Waals surface area (Å²) < 4.78 is 31.0. The van der Waals surface area contributed by atoms with E-state index in [9.17, 15) is 13.2 Å². The molecule has 1 N–H and O–H groups in total. The molecule has 2 rings (SSSR count). The standard InChI is InChI=1S/C18H20Cl2N2O4S/c1-12(18(23)21-11-13-6-4-5-7-15(13)20)22(27(3,24)25)16-10-14(19)8-9-17(16)26-2/h4-10,12H,11H2,1-3H3,(H,21,23). The van der Waals surface area contributed by atoms with Gasteiger partial charge >= 0.3 is 0 Å². The van der Waals surface area contributed by atoms with Crippen molar-refractivity contribution in [2.75, 3.05) is 17.7 Å². The fourth-order valence-corrected chi connectivity index (χ4v) is 4.13. The van der Waals surface area contributed by atoms with Crippen LogP contribution < -0.4 is 14.4 Å². The number of ether oxygens (including phenoxy) is 1. The average Bonchev–Trinajstić information content (AvgIpc) is 2.60. The second kappa shape index (κ2) is 8.82. The highest BCUT2D eigenvalue weighted by Gasteiger charge is 2.31. The second-order valence-corrected chi connectivity index (χ2v) is 8.56. The van der Waals surface area contributed by atoms with Gasteiger partial charge in [-0.2, -0.15) is 0 Å². The molecule has 0 fully saturated rings. The number of rotatable bonds is 7. The lowest BCUT2D eigenvalue weighted by Gasteiger charge is -2.29. The van der Waals surface area contributed by atoms with Gasteiger partial charge < -0.3 is 10.1 Å². The Kier molecular flexibility index (Phi) is 6.97. The van der Waals surface area contributed by atoms with E-state index in [0.717, 1.165) is 16.1 Å². The molecule has 0 saturated carbocycles. The fraction of sp³-hybridized carbons (Fsp3) is 0.278. The van der Waals surface area contributed by atoms with Gasteiger partial charge in [0.15, 0.2) is 0 Å². The molecule has 1 atom stereocenters. The summed E-state index contributed by atoms with van der Waals surface area (Å²) in [5.74, 6) is -0.196. The third kappa shape index (κ3) is 5.28. The first-order valence-electron chi connectivity index (χ1n) is 7.99. The van der Waals surface area contributed by atoms with Crippen LogP contribution in [0.15, 0.2) is 42.5 Å². The lowest BCUT2D eigenvalue weighted by Crippen LogP contribution is -2.47. The summed E-state index contributed by atoms with van der Waals surface area (Å²) in [5.41, 5.74) is 0.916. The third-order valence-electron chi connectivity index (χ3n) is 3.88. The van der Waals surface area contributed by atoms with Gasteiger partial charge in [0.2, 0.25) is 15.9 Å². The minimum absolute atomic E-state index is 0.174. The van der Waals surface area contributed by atoms with Crippen molar-refractivity contribution < 1.29 is 17.9 Å². The first-order valence-corrected chi connectivity index (χ1v) is 10.6. The largest absolute Gasteiger partial charge is 0.495 e. The number of carbonyl (C=O) groups is 1. The van der Waals surface area contributed by atoms with E-state index in [-0.39, 0.29) is 18.0 Å². The van der Waals surface area contributed by atoms with Gasteiger partial charge in [0.25, 0.3) is 0 Å². The first-order chi connectivity index (χ1) is 12.6. The van der Waals surface area contributed by atoms with Crippen LogP contribution in [0.25, 0.3) is 0 Å². The molecule has 0 aliphatic rings. The maximum Gasteiger partial charge on any atom is 0.243 e. The van der Waals surface area contributed by atoms with Crippen LogP contribution in [0.4, 0.5) is 5.69 Å². The molecule has 0 aliphatic heterocycles. The molecule has 1 unspecified atom stereocenters. The van der Waals surface area contributed by atoms with E-state index < -0.39 is 22.0 Å². The molecule has 0 aromatic heterocycles. The van der Waals surface area contributed by atoms with Crippen molar-refractivity contribution >= 4 is 44.8 Å². The number of nitrogens with one attached hydrogen (secondary N) is 1. The number of sulfonamides is 1. The molecule has 0 bridgehead atoms. The molecular weight excluding hydrogens is 411 g/mol. The molecule has 0 spiro atoms. The van der Waals surface area contributed by atoms with Crippen LogP contribution in [0.1, 0.15) is 12.5 Å². The Morgan fingerprint density at radius 2 is 1.89 bits per heavy atom. The molecule has 2 aromatic rings. The van der Waals surface area contributed by atoms with Crippen LogP contribution in [0.3, 0.4) is 0 Å². The Morgan fingerprint density at radius 3 is 2.48 bits per heavy atom. The molecule has 9 heteroatoms. The summed E-state index contributed by atoms with van der Waals surface area (Å²) in [6, 6.07) is 10.6. The van der Waals surface area contributed by atoms with Crippen LogP contribution in [-0.2, 0) is 21.4 Å². The van der Waals surface area contributed by atoms with Crippen molar-refractivity contribution in [2.24, 2.45) is 0 Å². The Labute approximate surface area is 169 Å². The zero-order valence-electron chi connectivity index (χ0n) is 15.1. The predicted molar refractivity (Wildman–Crippen MR) is 108 cm³/mol. The van der Waals surface area contributed by atoms with Crippen molar-refractivity contribution in [1.29, 1.82) is 0 Å². The highest BCUT2D eigenvalue weighted by atomic mass is 35.5. The highest BCUT2D eigenvalue weighted by Crippen LogP contribution is 2.34. The van der Waals surface area contributed by atoms with Crippen molar-refractivity contribution in [1.82, 2.24) is 5.32 Å². The molecule has 6 nitrogen and oxygen atoms in total. The van der Waals surface area contributed by atoms with E-state index >= 15 is 0 Å². The van der Waals surface area contributed by atoms with Gasteiger partial charge in [-0.3, -0.25) is 9.10 Å². The lowest BCUT2D eigenvalue weighted by atomic mass is 10.2. The fourth-order valence-electron chi connectivity index (χ4n) is 2.59. The number of halogens is 2. The molecule has 0 saturated heterocycles. The van der Waals surface area contributed by atoms with Gasteiger partial charge in [-0.05, 0) is 36.8 Å². The van der Waals surface area contributed by atoms with Crippen molar-refractivity contribution in [2.45, 2.75) is 19.5 Å². The zero-order chi connectivity index (χ0) is 20.2. The molecular formula is C18H20Cl2N2O4S. The van der Waals surface area contributed by atoms with E-state index in [0.29, 0.717) is 10.0 Å². The summed E-state index contributed by atoms with van der Waals surface area (Å²) in [4.78, 5) is 12.6. The molecule has 1 amide bonds.